The Morgan fingerprint density at radius 3 is 2.50 bits per heavy atom. The number of benzene rings is 3. The first-order chi connectivity index (χ1) is 16.7. The highest BCUT2D eigenvalue weighted by Crippen LogP contribution is 2.38. The van der Waals surface area contributed by atoms with E-state index in [9.17, 15) is 9.59 Å². The molecule has 2 N–H and O–H groups in total. The van der Waals surface area contributed by atoms with E-state index in [2.05, 4.69) is 25.9 Å². The van der Waals surface area contributed by atoms with Gasteiger partial charge in [-0.05, 0) is 53.7 Å². The first-order valence-corrected chi connectivity index (χ1v) is 11.3. The molecule has 0 saturated heterocycles. The molecule has 1 heterocycles. The number of nitrogens with zero attached hydrogens (tertiary/aromatic N) is 3. The van der Waals surface area contributed by atoms with Crippen molar-refractivity contribution in [3.63, 3.8) is 0 Å². The van der Waals surface area contributed by atoms with E-state index in [-0.39, 0.29) is 19.1 Å². The molecular weight excluding hydrogens is 454 g/mol. The molecule has 4 aromatic rings. The van der Waals surface area contributed by atoms with E-state index in [1.54, 1.807) is 31.2 Å². The van der Waals surface area contributed by atoms with Gasteiger partial charge in [0.1, 0.15) is 5.75 Å². The second-order valence-electron chi connectivity index (χ2n) is 6.89. The highest BCUT2D eigenvalue weighted by atomic mass is 32.2. The minimum Gasteiger partial charge on any atom is -0.481 e. The van der Waals surface area contributed by atoms with Gasteiger partial charge in [0.15, 0.2) is 12.4 Å². The van der Waals surface area contributed by atoms with Crippen LogP contribution in [0.2, 0.25) is 0 Å². The van der Waals surface area contributed by atoms with Gasteiger partial charge in [-0.2, -0.15) is 0 Å². The maximum Gasteiger partial charge on any atom is 0.344 e. The second-order valence-corrected chi connectivity index (χ2v) is 7.97. The van der Waals surface area contributed by atoms with Crippen LogP contribution in [-0.2, 0) is 9.53 Å². The molecule has 0 radical (unpaired) electrons. The summed E-state index contributed by atoms with van der Waals surface area (Å²) in [5.41, 5.74) is 1.78. The lowest BCUT2D eigenvalue weighted by atomic mass is 10.2. The van der Waals surface area contributed by atoms with Gasteiger partial charge in [-0.1, -0.05) is 48.2 Å². The van der Waals surface area contributed by atoms with Gasteiger partial charge in [0.25, 0.3) is 5.91 Å². The Labute approximate surface area is 199 Å². The topological polar surface area (TPSA) is 119 Å². The Kier molecular flexibility index (Phi) is 7.51. The number of rotatable bonds is 9. The molecule has 0 atom stereocenters. The van der Waals surface area contributed by atoms with E-state index in [4.69, 9.17) is 9.47 Å². The zero-order valence-electron chi connectivity index (χ0n) is 18.2. The lowest BCUT2D eigenvalue weighted by molar-refractivity contribution is -0.145. The fourth-order valence-corrected chi connectivity index (χ4v) is 4.14. The first-order valence-electron chi connectivity index (χ1n) is 10.4. The standard InChI is InChI=1S/C24H21N5O4S/c1-2-32-22(30)15-33-19-12-6-3-9-16(19)24(31)25-18-11-5-8-14-21(18)34-20-13-7-4-10-17(20)23-26-28-29-27-23/h3-14H,2,15H2,1H3,(H,25,31)(H,26,27,28,29). The number of carbonyl (C=O) groups excluding carboxylic acids is 2. The fraction of sp³-hybridized carbons (Fsp3) is 0.125. The van der Waals surface area contributed by atoms with Crippen LogP contribution < -0.4 is 10.1 Å². The van der Waals surface area contributed by atoms with Crippen molar-refractivity contribution >= 4 is 29.3 Å². The number of H-pyrrole nitrogens is 1. The lowest BCUT2D eigenvalue weighted by Gasteiger charge is -2.14. The summed E-state index contributed by atoms with van der Waals surface area (Å²) in [6.07, 6.45) is 0. The molecule has 3 aromatic carbocycles. The van der Waals surface area contributed by atoms with E-state index >= 15 is 0 Å². The number of aromatic nitrogens is 4. The molecule has 0 aliphatic heterocycles. The maximum atomic E-state index is 13.1. The summed E-state index contributed by atoms with van der Waals surface area (Å²) in [5.74, 6) is -0.0149. The highest BCUT2D eigenvalue weighted by molar-refractivity contribution is 7.99. The summed E-state index contributed by atoms with van der Waals surface area (Å²) in [6.45, 7) is 1.70. The van der Waals surface area contributed by atoms with Gasteiger partial charge in [-0.3, -0.25) is 4.79 Å². The summed E-state index contributed by atoms with van der Waals surface area (Å²) in [5, 5.41) is 17.0. The molecule has 10 heteroatoms. The molecule has 0 aliphatic rings. The molecule has 0 saturated carbocycles. The number of para-hydroxylation sites is 2. The lowest BCUT2D eigenvalue weighted by Crippen LogP contribution is -2.18. The number of ether oxygens (including phenoxy) is 2. The zero-order valence-corrected chi connectivity index (χ0v) is 19.0. The molecule has 34 heavy (non-hydrogen) atoms. The summed E-state index contributed by atoms with van der Waals surface area (Å²) >= 11 is 1.48. The summed E-state index contributed by atoms with van der Waals surface area (Å²) in [6, 6.07) is 21.9. The van der Waals surface area contributed by atoms with Gasteiger partial charge in [0.2, 0.25) is 0 Å². The number of esters is 1. The highest BCUT2D eigenvalue weighted by Gasteiger charge is 2.17. The van der Waals surface area contributed by atoms with Gasteiger partial charge in [0, 0.05) is 15.4 Å². The number of nitrogens with one attached hydrogen (secondary N) is 2. The van der Waals surface area contributed by atoms with Crippen molar-refractivity contribution in [2.24, 2.45) is 0 Å². The molecular formula is C24H21N5O4S. The van der Waals surface area contributed by atoms with Crippen molar-refractivity contribution in [2.45, 2.75) is 16.7 Å². The third-order valence-electron chi connectivity index (χ3n) is 4.63. The molecule has 1 aromatic heterocycles. The molecule has 4 rings (SSSR count). The summed E-state index contributed by atoms with van der Waals surface area (Å²) in [7, 11) is 0. The summed E-state index contributed by atoms with van der Waals surface area (Å²) in [4.78, 5) is 26.5. The maximum absolute atomic E-state index is 13.1. The Bertz CT molecular complexity index is 1280. The Hall–Kier alpha value is -4.18. The number of aromatic amines is 1. The minimum absolute atomic E-state index is 0.259. The van der Waals surface area contributed by atoms with Crippen LogP contribution in [-0.4, -0.2) is 45.7 Å². The molecule has 9 nitrogen and oxygen atoms in total. The summed E-state index contributed by atoms with van der Waals surface area (Å²) < 4.78 is 10.4. The zero-order chi connectivity index (χ0) is 23.8. The van der Waals surface area contributed by atoms with Crippen molar-refractivity contribution in [1.29, 1.82) is 0 Å². The first kappa shape index (κ1) is 23.0. The fourth-order valence-electron chi connectivity index (χ4n) is 3.11. The van der Waals surface area contributed by atoms with Crippen LogP contribution in [0, 0.1) is 0 Å². The monoisotopic (exact) mass is 475 g/mol. The number of tetrazole rings is 1. The molecule has 0 aliphatic carbocycles. The molecule has 0 fully saturated rings. The number of amides is 1. The molecule has 172 valence electrons. The van der Waals surface area contributed by atoms with Crippen LogP contribution in [0.15, 0.2) is 82.6 Å². The van der Waals surface area contributed by atoms with E-state index in [0.717, 1.165) is 15.4 Å². The molecule has 0 spiro atoms. The van der Waals surface area contributed by atoms with Crippen molar-refractivity contribution < 1.29 is 19.1 Å². The van der Waals surface area contributed by atoms with Crippen LogP contribution in [0.3, 0.4) is 0 Å². The smallest absolute Gasteiger partial charge is 0.344 e. The van der Waals surface area contributed by atoms with Gasteiger partial charge < -0.3 is 14.8 Å². The second kappa shape index (κ2) is 11.1. The van der Waals surface area contributed by atoms with Crippen molar-refractivity contribution in [1.82, 2.24) is 20.6 Å². The molecule has 0 unspecified atom stereocenters. The quantitative estimate of drug-likeness (QED) is 0.346. The average Bonchev–Trinajstić information content (AvgIpc) is 3.39. The third kappa shape index (κ3) is 5.59. The molecule has 1 amide bonds. The van der Waals surface area contributed by atoms with Crippen LogP contribution in [0.1, 0.15) is 17.3 Å². The third-order valence-corrected chi connectivity index (χ3v) is 5.78. The van der Waals surface area contributed by atoms with E-state index < -0.39 is 5.97 Å². The van der Waals surface area contributed by atoms with E-state index in [0.29, 0.717) is 22.8 Å². The van der Waals surface area contributed by atoms with Crippen LogP contribution in [0.4, 0.5) is 5.69 Å². The Morgan fingerprint density at radius 2 is 1.71 bits per heavy atom. The van der Waals surface area contributed by atoms with Crippen molar-refractivity contribution in [3.8, 4) is 17.1 Å². The predicted molar refractivity (Wildman–Crippen MR) is 127 cm³/mol. The average molecular weight is 476 g/mol. The Morgan fingerprint density at radius 1 is 0.971 bits per heavy atom. The van der Waals surface area contributed by atoms with Crippen molar-refractivity contribution in [3.05, 3.63) is 78.4 Å². The number of anilines is 1. The minimum atomic E-state index is -0.500. The van der Waals surface area contributed by atoms with Gasteiger partial charge >= 0.3 is 5.97 Å². The van der Waals surface area contributed by atoms with Gasteiger partial charge in [-0.15, -0.1) is 5.10 Å². The normalized spacial score (nSPS) is 10.5. The number of hydrogen-bond acceptors (Lipinski definition) is 8. The number of carbonyl (C=O) groups is 2. The largest absolute Gasteiger partial charge is 0.481 e. The Balaban J connectivity index is 1.54. The van der Waals surface area contributed by atoms with Crippen molar-refractivity contribution in [2.75, 3.05) is 18.5 Å². The van der Waals surface area contributed by atoms with E-state index in [1.807, 2.05) is 48.5 Å². The van der Waals surface area contributed by atoms with E-state index in [1.165, 1.54) is 11.8 Å². The van der Waals surface area contributed by atoms with Crippen LogP contribution >= 0.6 is 11.8 Å². The number of hydrogen-bond donors (Lipinski definition) is 2. The van der Waals surface area contributed by atoms with Crippen LogP contribution in [0.25, 0.3) is 11.4 Å². The van der Waals surface area contributed by atoms with Crippen LogP contribution in [0.5, 0.6) is 5.75 Å². The van der Waals surface area contributed by atoms with Gasteiger partial charge in [-0.25, -0.2) is 9.89 Å². The molecule has 0 bridgehead atoms. The SMILES string of the molecule is CCOC(=O)COc1ccccc1C(=O)Nc1ccccc1Sc1ccccc1-c1nnn[nH]1. The van der Waals surface area contributed by atoms with Gasteiger partial charge in [0.05, 0.1) is 17.9 Å². The predicted octanol–water partition coefficient (Wildman–Crippen LogP) is 4.21.